The van der Waals surface area contributed by atoms with Crippen molar-refractivity contribution in [2.75, 3.05) is 39.6 Å². The van der Waals surface area contributed by atoms with E-state index in [0.29, 0.717) is 12.8 Å². The quantitative estimate of drug-likeness (QED) is 0.0370. The first-order valence-electron chi connectivity index (χ1n) is 24.8. The van der Waals surface area contributed by atoms with Gasteiger partial charge < -0.3 is 95.0 Å². The van der Waals surface area contributed by atoms with E-state index in [1.807, 2.05) is 0 Å². The Kier molecular flexibility index (Phi) is 28.5. The van der Waals surface area contributed by atoms with Gasteiger partial charge in [0.2, 0.25) is 5.91 Å². The molecule has 0 radical (unpaired) electrons. The van der Waals surface area contributed by atoms with E-state index in [0.717, 1.165) is 64.2 Å². The summed E-state index contributed by atoms with van der Waals surface area (Å²) in [6, 6.07) is 0. The standard InChI is InChI=1S/C46H87NO19/c1-3-5-7-9-11-13-15-17-19-21-29(22-20-18-16-14-12-10-8-6-4-2)42(60)47-46(26-61-43-39(57)36(54)33(51)30(23-48)64-43,27-62-44-40(58)37(55)34(52)31(24-49)65-44)28-63-45-41(59)38(56)35(53)32(25-50)66-45/h29-41,43-45,48-59H,3-28H2,1-2H3,(H,47,60). The zero-order valence-electron chi connectivity index (χ0n) is 39.3. The van der Waals surface area contributed by atoms with Crippen LogP contribution in [0.15, 0.2) is 0 Å². The SMILES string of the molecule is CCCCCCCCCCCC(CCCCCCCCCCC)C(=O)NC(COC1OC(CO)C(O)C(O)C1O)(COC1OC(CO)C(O)C(O)C1O)COC1OC(CO)C(O)C(O)C1O. The number of unbranched alkanes of at least 4 members (excludes halogenated alkanes) is 16. The van der Waals surface area contributed by atoms with Gasteiger partial charge in [0.15, 0.2) is 18.9 Å². The van der Waals surface area contributed by atoms with Gasteiger partial charge in [-0.25, -0.2) is 0 Å². The van der Waals surface area contributed by atoms with Gasteiger partial charge in [0.25, 0.3) is 0 Å². The van der Waals surface area contributed by atoms with Crippen molar-refractivity contribution in [2.24, 2.45) is 5.92 Å². The second kappa shape index (κ2) is 31.9. The fourth-order valence-electron chi connectivity index (χ4n) is 8.75. The molecule has 15 atom stereocenters. The van der Waals surface area contributed by atoms with Crippen molar-refractivity contribution >= 4 is 5.91 Å². The Morgan fingerprint density at radius 1 is 0.439 bits per heavy atom. The van der Waals surface area contributed by atoms with E-state index in [1.54, 1.807) is 0 Å². The highest BCUT2D eigenvalue weighted by Crippen LogP contribution is 2.29. The number of aliphatic hydroxyl groups excluding tert-OH is 12. The Hall–Kier alpha value is -1.25. The first-order valence-corrected chi connectivity index (χ1v) is 24.8. The Morgan fingerprint density at radius 3 is 0.985 bits per heavy atom. The molecule has 20 heteroatoms. The summed E-state index contributed by atoms with van der Waals surface area (Å²) in [5.74, 6) is -1.02. The summed E-state index contributed by atoms with van der Waals surface area (Å²) in [4.78, 5) is 14.8. The highest BCUT2D eigenvalue weighted by Gasteiger charge is 2.50. The molecule has 0 bridgehead atoms. The smallest absolute Gasteiger partial charge is 0.223 e. The molecule has 0 aromatic carbocycles. The highest BCUT2D eigenvalue weighted by atomic mass is 16.7. The van der Waals surface area contributed by atoms with Gasteiger partial charge in [-0.15, -0.1) is 0 Å². The lowest BCUT2D eigenvalue weighted by molar-refractivity contribution is -0.324. The third-order valence-electron chi connectivity index (χ3n) is 13.2. The maximum absolute atomic E-state index is 14.8. The molecule has 3 aliphatic heterocycles. The maximum atomic E-state index is 14.8. The van der Waals surface area contributed by atoms with Gasteiger partial charge in [0.1, 0.15) is 78.8 Å². The molecule has 20 nitrogen and oxygen atoms in total. The predicted molar refractivity (Wildman–Crippen MR) is 237 cm³/mol. The largest absolute Gasteiger partial charge is 0.394 e. The van der Waals surface area contributed by atoms with Crippen LogP contribution in [0.4, 0.5) is 0 Å². The monoisotopic (exact) mass is 958 g/mol. The van der Waals surface area contributed by atoms with Gasteiger partial charge in [-0.3, -0.25) is 4.79 Å². The lowest BCUT2D eigenvalue weighted by Gasteiger charge is -2.45. The van der Waals surface area contributed by atoms with E-state index in [2.05, 4.69) is 19.2 Å². The summed E-state index contributed by atoms with van der Waals surface area (Å²) >= 11 is 0. The van der Waals surface area contributed by atoms with Crippen molar-refractivity contribution in [1.29, 1.82) is 0 Å². The number of ether oxygens (including phenoxy) is 6. The average Bonchev–Trinajstić information content (AvgIpc) is 3.31. The molecule has 0 aromatic heterocycles. The fourth-order valence-corrected chi connectivity index (χ4v) is 8.75. The minimum atomic E-state index is -1.96. The van der Waals surface area contributed by atoms with Crippen LogP contribution in [-0.2, 0) is 33.2 Å². The average molecular weight is 958 g/mol. The van der Waals surface area contributed by atoms with E-state index in [-0.39, 0.29) is 0 Å². The number of hydrogen-bond acceptors (Lipinski definition) is 19. The Bertz CT molecular complexity index is 1150. The zero-order valence-corrected chi connectivity index (χ0v) is 39.3. The van der Waals surface area contributed by atoms with E-state index < -0.39 is 149 Å². The van der Waals surface area contributed by atoms with Crippen LogP contribution >= 0.6 is 0 Å². The fraction of sp³-hybridized carbons (Fsp3) is 0.978. The van der Waals surface area contributed by atoms with Crippen LogP contribution in [0.1, 0.15) is 142 Å². The minimum absolute atomic E-state index is 0.471. The molecule has 0 spiro atoms. The Labute approximate surface area is 390 Å². The van der Waals surface area contributed by atoms with Gasteiger partial charge >= 0.3 is 0 Å². The van der Waals surface area contributed by atoms with Gasteiger partial charge in [-0.05, 0) is 12.8 Å². The normalized spacial score (nSPS) is 33.8. The Balaban J connectivity index is 1.96. The van der Waals surface area contributed by atoms with Crippen molar-refractivity contribution in [2.45, 2.75) is 240 Å². The molecule has 3 saturated heterocycles. The molecule has 3 aliphatic rings. The summed E-state index contributed by atoms with van der Waals surface area (Å²) in [6.07, 6.45) is -5.22. The number of rotatable bonds is 34. The molecule has 0 saturated carbocycles. The molecule has 15 unspecified atom stereocenters. The van der Waals surface area contributed by atoms with Crippen LogP contribution in [0.5, 0.6) is 0 Å². The van der Waals surface area contributed by atoms with Crippen molar-refractivity contribution in [3.63, 3.8) is 0 Å². The number of carbonyl (C=O) groups excluding carboxylic acids is 1. The van der Waals surface area contributed by atoms with Gasteiger partial charge in [0.05, 0.1) is 39.6 Å². The van der Waals surface area contributed by atoms with Crippen LogP contribution in [-0.4, -0.2) is 204 Å². The van der Waals surface area contributed by atoms with E-state index in [1.165, 1.54) is 51.4 Å². The summed E-state index contributed by atoms with van der Waals surface area (Å²) in [7, 11) is 0. The van der Waals surface area contributed by atoms with Gasteiger partial charge in [-0.2, -0.15) is 0 Å². The van der Waals surface area contributed by atoms with E-state index in [4.69, 9.17) is 28.4 Å². The molecule has 13 N–H and O–H groups in total. The number of carbonyl (C=O) groups is 1. The molecule has 66 heavy (non-hydrogen) atoms. The third-order valence-corrected chi connectivity index (χ3v) is 13.2. The van der Waals surface area contributed by atoms with Crippen molar-refractivity contribution in [1.82, 2.24) is 5.32 Å². The van der Waals surface area contributed by atoms with Gasteiger partial charge in [-0.1, -0.05) is 129 Å². The number of aliphatic hydroxyl groups is 12. The van der Waals surface area contributed by atoms with Crippen LogP contribution < -0.4 is 5.32 Å². The minimum Gasteiger partial charge on any atom is -0.394 e. The molecular weight excluding hydrogens is 870 g/mol. The van der Waals surface area contributed by atoms with E-state index in [9.17, 15) is 66.1 Å². The van der Waals surface area contributed by atoms with Crippen LogP contribution in [0.25, 0.3) is 0 Å². The Morgan fingerprint density at radius 2 is 0.712 bits per heavy atom. The first-order chi connectivity index (χ1) is 31.7. The first kappa shape index (κ1) is 59.1. The third kappa shape index (κ3) is 18.5. The summed E-state index contributed by atoms with van der Waals surface area (Å²) in [5, 5.41) is 128. The highest BCUT2D eigenvalue weighted by molar-refractivity contribution is 5.79. The van der Waals surface area contributed by atoms with Crippen LogP contribution in [0.2, 0.25) is 0 Å². The zero-order chi connectivity index (χ0) is 48.6. The molecule has 1 amide bonds. The molecule has 390 valence electrons. The molecule has 3 rings (SSSR count). The van der Waals surface area contributed by atoms with Crippen molar-refractivity contribution in [3.05, 3.63) is 0 Å². The van der Waals surface area contributed by atoms with Crippen molar-refractivity contribution in [3.8, 4) is 0 Å². The summed E-state index contributed by atoms with van der Waals surface area (Å²) < 4.78 is 34.8. The van der Waals surface area contributed by atoms with Crippen LogP contribution in [0.3, 0.4) is 0 Å². The molecule has 0 aromatic rings. The molecule has 3 heterocycles. The lowest BCUT2D eigenvalue weighted by atomic mass is 9.91. The summed E-state index contributed by atoms with van der Waals surface area (Å²) in [5.41, 5.74) is -1.96. The second-order valence-electron chi connectivity index (χ2n) is 18.7. The predicted octanol–water partition coefficient (Wildman–Crippen LogP) is -0.251. The number of hydrogen-bond donors (Lipinski definition) is 13. The van der Waals surface area contributed by atoms with Crippen LogP contribution in [0, 0.1) is 5.92 Å². The van der Waals surface area contributed by atoms with Crippen molar-refractivity contribution < 1.29 is 94.5 Å². The maximum Gasteiger partial charge on any atom is 0.223 e. The lowest BCUT2D eigenvalue weighted by Crippen LogP contribution is -2.65. The van der Waals surface area contributed by atoms with Gasteiger partial charge in [0, 0.05) is 5.92 Å². The summed E-state index contributed by atoms with van der Waals surface area (Å²) in [6.45, 7) is -0.0831. The second-order valence-corrected chi connectivity index (χ2v) is 18.7. The number of amides is 1. The number of nitrogens with one attached hydrogen (secondary N) is 1. The van der Waals surface area contributed by atoms with E-state index >= 15 is 0 Å². The molecule has 0 aliphatic carbocycles. The molecule has 3 fully saturated rings. The molecular formula is C46H87NO19. The topological polar surface area (TPSA) is 327 Å².